The Labute approximate surface area is 159 Å². The molecule has 130 valence electrons. The lowest BCUT2D eigenvalue weighted by Gasteiger charge is -2.11. The minimum Gasteiger partial charge on any atom is -0.484 e. The van der Waals surface area contributed by atoms with Gasteiger partial charge < -0.3 is 4.74 Å². The molecule has 0 bridgehead atoms. The Morgan fingerprint density at radius 2 is 1.48 bits per heavy atom. The van der Waals surface area contributed by atoms with E-state index in [0.29, 0.717) is 21.4 Å². The highest BCUT2D eigenvalue weighted by Crippen LogP contribution is 2.15. The van der Waals surface area contributed by atoms with E-state index in [2.05, 4.69) is 16.2 Å². The molecule has 0 fully saturated rings. The van der Waals surface area contributed by atoms with Crippen LogP contribution in [-0.4, -0.2) is 23.5 Å². The molecule has 0 radical (unpaired) electrons. The Hall–Kier alpha value is -2.35. The third kappa shape index (κ3) is 6.58. The van der Waals surface area contributed by atoms with Gasteiger partial charge in [0.1, 0.15) is 5.75 Å². The topological polar surface area (TPSA) is 79.5 Å². The first-order valence-electron chi connectivity index (χ1n) is 6.98. The van der Waals surface area contributed by atoms with Crippen molar-refractivity contribution in [1.82, 2.24) is 16.2 Å². The number of rotatable bonds is 4. The van der Waals surface area contributed by atoms with Crippen molar-refractivity contribution in [2.24, 2.45) is 0 Å². The minimum absolute atomic E-state index is 0.0557. The molecular formula is C16H13Cl2N3O3S. The quantitative estimate of drug-likeness (QED) is 0.545. The molecule has 9 heteroatoms. The summed E-state index contributed by atoms with van der Waals surface area (Å²) in [6.07, 6.45) is 0. The molecule has 2 aromatic rings. The van der Waals surface area contributed by atoms with E-state index < -0.39 is 11.8 Å². The van der Waals surface area contributed by atoms with Crippen LogP contribution in [0.15, 0.2) is 48.5 Å². The molecule has 2 aromatic carbocycles. The van der Waals surface area contributed by atoms with Gasteiger partial charge in [0.05, 0.1) is 0 Å². The summed E-state index contributed by atoms with van der Waals surface area (Å²) in [4.78, 5) is 23.6. The van der Waals surface area contributed by atoms with Gasteiger partial charge in [-0.05, 0) is 60.7 Å². The van der Waals surface area contributed by atoms with E-state index in [1.807, 2.05) is 0 Å². The maximum atomic E-state index is 11.9. The molecule has 0 unspecified atom stereocenters. The van der Waals surface area contributed by atoms with E-state index in [9.17, 15) is 9.59 Å². The summed E-state index contributed by atoms with van der Waals surface area (Å²) in [6.45, 7) is -0.234. The van der Waals surface area contributed by atoms with Gasteiger partial charge in [-0.1, -0.05) is 23.2 Å². The number of carbonyl (C=O) groups is 2. The number of hydrogen-bond acceptors (Lipinski definition) is 4. The molecule has 6 nitrogen and oxygen atoms in total. The molecule has 0 atom stereocenters. The van der Waals surface area contributed by atoms with E-state index >= 15 is 0 Å². The van der Waals surface area contributed by atoms with Crippen molar-refractivity contribution in [2.75, 3.05) is 6.61 Å². The predicted octanol–water partition coefficient (Wildman–Crippen LogP) is 2.71. The van der Waals surface area contributed by atoms with Crippen molar-refractivity contribution in [3.63, 3.8) is 0 Å². The summed E-state index contributed by atoms with van der Waals surface area (Å²) >= 11 is 16.4. The summed E-state index contributed by atoms with van der Waals surface area (Å²) in [5.41, 5.74) is 5.11. The fraction of sp³-hybridized carbons (Fsp3) is 0.0625. The molecule has 3 N–H and O–H groups in total. The standard InChI is InChI=1S/C16H13Cl2N3O3S/c17-11-3-1-10(2-4-11)15(23)19-16(25)21-20-14(22)9-24-13-7-5-12(18)6-8-13/h1-8H,9H2,(H,20,22)(H2,19,21,23,25). The molecule has 0 heterocycles. The number of hydrazine groups is 1. The second-order valence-corrected chi connectivity index (χ2v) is 5.99. The minimum atomic E-state index is -0.474. The molecule has 0 aliphatic rings. The fourth-order valence-corrected chi connectivity index (χ4v) is 2.05. The lowest BCUT2D eigenvalue weighted by atomic mass is 10.2. The number of hydrogen-bond donors (Lipinski definition) is 3. The summed E-state index contributed by atoms with van der Waals surface area (Å²) in [7, 11) is 0. The van der Waals surface area contributed by atoms with Crippen LogP contribution in [-0.2, 0) is 4.79 Å². The van der Waals surface area contributed by atoms with Gasteiger partial charge >= 0.3 is 0 Å². The van der Waals surface area contributed by atoms with Crippen molar-refractivity contribution in [2.45, 2.75) is 0 Å². The SMILES string of the molecule is O=C(COc1ccc(Cl)cc1)NNC(=S)NC(=O)c1ccc(Cl)cc1. The smallest absolute Gasteiger partial charge is 0.276 e. The average molecular weight is 398 g/mol. The zero-order valence-corrected chi connectivity index (χ0v) is 15.0. The molecule has 0 spiro atoms. The first kappa shape index (κ1) is 19.0. The van der Waals surface area contributed by atoms with Gasteiger partial charge in [-0.25, -0.2) is 0 Å². The summed E-state index contributed by atoms with van der Waals surface area (Å²) in [5.74, 6) is -0.406. The molecule has 25 heavy (non-hydrogen) atoms. The van der Waals surface area contributed by atoms with Gasteiger partial charge in [0.15, 0.2) is 11.7 Å². The second-order valence-electron chi connectivity index (χ2n) is 4.71. The van der Waals surface area contributed by atoms with Gasteiger partial charge in [0, 0.05) is 15.6 Å². The van der Waals surface area contributed by atoms with Crippen molar-refractivity contribution in [1.29, 1.82) is 0 Å². The number of benzene rings is 2. The number of ether oxygens (including phenoxy) is 1. The van der Waals surface area contributed by atoms with E-state index in [1.165, 1.54) is 0 Å². The molecule has 2 amide bonds. The normalized spacial score (nSPS) is 9.84. The Bertz CT molecular complexity index is 767. The number of nitrogens with one attached hydrogen (secondary N) is 3. The van der Waals surface area contributed by atoms with E-state index in [1.54, 1.807) is 48.5 Å². The zero-order valence-electron chi connectivity index (χ0n) is 12.7. The molecule has 0 aromatic heterocycles. The molecule has 0 aliphatic carbocycles. The summed E-state index contributed by atoms with van der Waals surface area (Å²) in [5, 5.41) is 3.45. The van der Waals surface area contributed by atoms with Crippen molar-refractivity contribution >= 4 is 52.3 Å². The van der Waals surface area contributed by atoms with Crippen LogP contribution in [0, 0.1) is 0 Å². The van der Waals surface area contributed by atoms with E-state index in [-0.39, 0.29) is 11.7 Å². The molecule has 0 saturated heterocycles. The molecule has 0 saturated carbocycles. The van der Waals surface area contributed by atoms with Crippen LogP contribution in [0.3, 0.4) is 0 Å². The zero-order chi connectivity index (χ0) is 18.2. The fourth-order valence-electron chi connectivity index (χ4n) is 1.65. The van der Waals surface area contributed by atoms with E-state index in [4.69, 9.17) is 40.2 Å². The Morgan fingerprint density at radius 1 is 0.920 bits per heavy atom. The first-order valence-corrected chi connectivity index (χ1v) is 8.14. The van der Waals surface area contributed by atoms with Gasteiger partial charge in [-0.15, -0.1) is 0 Å². The predicted molar refractivity (Wildman–Crippen MR) is 99.7 cm³/mol. The van der Waals surface area contributed by atoms with Crippen molar-refractivity contribution < 1.29 is 14.3 Å². The van der Waals surface area contributed by atoms with Gasteiger partial charge in [0.25, 0.3) is 11.8 Å². The number of amides is 2. The van der Waals surface area contributed by atoms with Crippen LogP contribution in [0.4, 0.5) is 0 Å². The van der Waals surface area contributed by atoms with Crippen LogP contribution >= 0.6 is 35.4 Å². The maximum absolute atomic E-state index is 11.9. The highest BCUT2D eigenvalue weighted by molar-refractivity contribution is 7.80. The van der Waals surface area contributed by atoms with Crippen LogP contribution in [0.1, 0.15) is 10.4 Å². The van der Waals surface area contributed by atoms with Gasteiger partial charge in [-0.2, -0.15) is 0 Å². The first-order chi connectivity index (χ1) is 11.9. The van der Waals surface area contributed by atoms with Crippen LogP contribution in [0.25, 0.3) is 0 Å². The molecular weight excluding hydrogens is 385 g/mol. The summed E-state index contributed by atoms with van der Waals surface area (Å²) in [6, 6.07) is 12.9. The van der Waals surface area contributed by atoms with Gasteiger partial charge in [0.2, 0.25) is 0 Å². The largest absolute Gasteiger partial charge is 0.484 e. The second kappa shape index (κ2) is 9.22. The number of carbonyl (C=O) groups excluding carboxylic acids is 2. The highest BCUT2D eigenvalue weighted by Gasteiger charge is 2.09. The monoisotopic (exact) mass is 397 g/mol. The maximum Gasteiger partial charge on any atom is 0.276 e. The van der Waals surface area contributed by atoms with Gasteiger partial charge in [-0.3, -0.25) is 25.8 Å². The van der Waals surface area contributed by atoms with Crippen LogP contribution in [0.2, 0.25) is 10.0 Å². The summed E-state index contributed by atoms with van der Waals surface area (Å²) < 4.78 is 5.26. The third-order valence-corrected chi connectivity index (χ3v) is 3.54. The van der Waals surface area contributed by atoms with Crippen LogP contribution in [0.5, 0.6) is 5.75 Å². The number of thiocarbonyl (C=S) groups is 1. The Kier molecular flexibility index (Phi) is 7.00. The lowest BCUT2D eigenvalue weighted by molar-refractivity contribution is -0.123. The van der Waals surface area contributed by atoms with E-state index in [0.717, 1.165) is 0 Å². The third-order valence-electron chi connectivity index (χ3n) is 2.83. The molecule has 0 aliphatic heterocycles. The lowest BCUT2D eigenvalue weighted by Crippen LogP contribution is -2.49. The van der Waals surface area contributed by atoms with Crippen LogP contribution < -0.4 is 20.9 Å². The average Bonchev–Trinajstić information content (AvgIpc) is 2.60. The number of halogens is 2. The van der Waals surface area contributed by atoms with Crippen molar-refractivity contribution in [3.05, 3.63) is 64.1 Å². The highest BCUT2D eigenvalue weighted by atomic mass is 35.5. The molecule has 2 rings (SSSR count). The Morgan fingerprint density at radius 3 is 2.08 bits per heavy atom. The Balaban J connectivity index is 1.71. The van der Waals surface area contributed by atoms with Crippen molar-refractivity contribution in [3.8, 4) is 5.75 Å².